The van der Waals surface area contributed by atoms with E-state index in [4.69, 9.17) is 10.00 Å². The third-order valence-electron chi connectivity index (χ3n) is 4.33. The van der Waals surface area contributed by atoms with Crippen molar-refractivity contribution in [2.45, 2.75) is 19.8 Å². The number of para-hydroxylation sites is 2. The van der Waals surface area contributed by atoms with Gasteiger partial charge in [-0.15, -0.1) is 0 Å². The van der Waals surface area contributed by atoms with E-state index in [0.29, 0.717) is 42.1 Å². The van der Waals surface area contributed by atoms with E-state index in [9.17, 15) is 9.59 Å². The number of ether oxygens (including phenoxy) is 1. The van der Waals surface area contributed by atoms with Crippen molar-refractivity contribution in [1.29, 1.82) is 5.26 Å². The van der Waals surface area contributed by atoms with E-state index in [0.717, 1.165) is 0 Å². The molecular formula is C20H19N3O3. The SMILES string of the molecule is CCOc1ccccc1NC(=O)C1(C(=O)Nc2ccc(C#N)cc2)CC1. The van der Waals surface area contributed by atoms with Crippen LogP contribution in [0.2, 0.25) is 0 Å². The van der Waals surface area contributed by atoms with Crippen molar-refractivity contribution in [3.05, 3.63) is 54.1 Å². The molecule has 26 heavy (non-hydrogen) atoms. The predicted octanol–water partition coefficient (Wildman–Crippen LogP) is 3.31. The van der Waals surface area contributed by atoms with Crippen LogP contribution in [0.5, 0.6) is 5.75 Å². The fraction of sp³-hybridized carbons (Fsp3) is 0.250. The molecule has 2 aromatic carbocycles. The van der Waals surface area contributed by atoms with Gasteiger partial charge in [-0.05, 0) is 56.2 Å². The van der Waals surface area contributed by atoms with Crippen molar-refractivity contribution in [2.24, 2.45) is 5.41 Å². The van der Waals surface area contributed by atoms with Gasteiger partial charge in [0.15, 0.2) is 0 Å². The normalized spacial score (nSPS) is 14.0. The quantitative estimate of drug-likeness (QED) is 0.783. The van der Waals surface area contributed by atoms with Gasteiger partial charge < -0.3 is 15.4 Å². The summed E-state index contributed by atoms with van der Waals surface area (Å²) in [7, 11) is 0. The van der Waals surface area contributed by atoms with E-state index >= 15 is 0 Å². The fourth-order valence-corrected chi connectivity index (χ4v) is 2.65. The maximum Gasteiger partial charge on any atom is 0.240 e. The number of nitrogens with zero attached hydrogens (tertiary/aromatic N) is 1. The lowest BCUT2D eigenvalue weighted by molar-refractivity contribution is -0.131. The topological polar surface area (TPSA) is 91.2 Å². The highest BCUT2D eigenvalue weighted by Crippen LogP contribution is 2.48. The van der Waals surface area contributed by atoms with Gasteiger partial charge in [-0.1, -0.05) is 12.1 Å². The van der Waals surface area contributed by atoms with Gasteiger partial charge in [0.1, 0.15) is 11.2 Å². The Morgan fingerprint density at radius 3 is 2.35 bits per heavy atom. The van der Waals surface area contributed by atoms with Crippen molar-refractivity contribution < 1.29 is 14.3 Å². The Morgan fingerprint density at radius 2 is 1.73 bits per heavy atom. The molecule has 6 heteroatoms. The summed E-state index contributed by atoms with van der Waals surface area (Å²) in [6, 6.07) is 15.7. The molecule has 0 radical (unpaired) electrons. The smallest absolute Gasteiger partial charge is 0.240 e. The van der Waals surface area contributed by atoms with Crippen LogP contribution in [0.4, 0.5) is 11.4 Å². The number of benzene rings is 2. The standard InChI is InChI=1S/C20H19N3O3/c1-2-26-17-6-4-3-5-16(17)23-19(25)20(11-12-20)18(24)22-15-9-7-14(13-21)8-10-15/h3-10H,2,11-12H2,1H3,(H,22,24)(H,23,25). The Morgan fingerprint density at radius 1 is 1.08 bits per heavy atom. The second-order valence-corrected chi connectivity index (χ2v) is 6.11. The second-order valence-electron chi connectivity index (χ2n) is 6.11. The molecule has 2 amide bonds. The molecule has 0 saturated heterocycles. The molecule has 1 aliphatic carbocycles. The van der Waals surface area contributed by atoms with Crippen LogP contribution in [-0.2, 0) is 9.59 Å². The summed E-state index contributed by atoms with van der Waals surface area (Å²) in [6.45, 7) is 2.35. The number of nitriles is 1. The lowest BCUT2D eigenvalue weighted by Crippen LogP contribution is -2.35. The van der Waals surface area contributed by atoms with Gasteiger partial charge in [0.2, 0.25) is 11.8 Å². The molecule has 2 aromatic rings. The number of carbonyl (C=O) groups is 2. The van der Waals surface area contributed by atoms with Crippen LogP contribution in [-0.4, -0.2) is 18.4 Å². The zero-order valence-corrected chi connectivity index (χ0v) is 14.4. The van der Waals surface area contributed by atoms with Gasteiger partial charge in [0.25, 0.3) is 0 Å². The molecule has 3 rings (SSSR count). The molecule has 132 valence electrons. The molecule has 2 N–H and O–H groups in total. The van der Waals surface area contributed by atoms with Gasteiger partial charge in [0.05, 0.1) is 23.9 Å². The molecule has 0 atom stereocenters. The zero-order chi connectivity index (χ0) is 18.6. The summed E-state index contributed by atoms with van der Waals surface area (Å²) in [6.07, 6.45) is 0.996. The third kappa shape index (κ3) is 3.52. The Balaban J connectivity index is 1.70. The molecule has 6 nitrogen and oxygen atoms in total. The van der Waals surface area contributed by atoms with E-state index in [-0.39, 0.29) is 11.8 Å². The van der Waals surface area contributed by atoms with Gasteiger partial charge in [-0.25, -0.2) is 0 Å². The van der Waals surface area contributed by atoms with E-state index < -0.39 is 5.41 Å². The first-order chi connectivity index (χ1) is 12.6. The molecule has 0 aliphatic heterocycles. The van der Waals surface area contributed by atoms with Crippen molar-refractivity contribution in [2.75, 3.05) is 17.2 Å². The largest absolute Gasteiger partial charge is 0.492 e. The Labute approximate surface area is 151 Å². The highest BCUT2D eigenvalue weighted by Gasteiger charge is 2.56. The van der Waals surface area contributed by atoms with Gasteiger partial charge >= 0.3 is 0 Å². The number of amides is 2. The summed E-state index contributed by atoms with van der Waals surface area (Å²) < 4.78 is 5.51. The lowest BCUT2D eigenvalue weighted by atomic mass is 10.0. The average molecular weight is 349 g/mol. The van der Waals surface area contributed by atoms with Crippen LogP contribution in [0.3, 0.4) is 0 Å². The third-order valence-corrected chi connectivity index (χ3v) is 4.33. The molecule has 1 saturated carbocycles. The Bertz CT molecular complexity index is 865. The minimum absolute atomic E-state index is 0.337. The van der Waals surface area contributed by atoms with Crippen LogP contribution < -0.4 is 15.4 Å². The maximum absolute atomic E-state index is 12.7. The van der Waals surface area contributed by atoms with Gasteiger partial charge in [-0.3, -0.25) is 9.59 Å². The molecule has 1 fully saturated rings. The van der Waals surface area contributed by atoms with Crippen LogP contribution in [0.1, 0.15) is 25.3 Å². The second kappa shape index (κ2) is 7.28. The molecule has 0 bridgehead atoms. The van der Waals surface area contributed by atoms with Crippen LogP contribution in [0.25, 0.3) is 0 Å². The number of nitrogens with one attached hydrogen (secondary N) is 2. The first-order valence-electron chi connectivity index (χ1n) is 8.44. The molecule has 1 aliphatic rings. The predicted molar refractivity (Wildman–Crippen MR) is 97.7 cm³/mol. The summed E-state index contributed by atoms with van der Waals surface area (Å²) in [5.74, 6) is -0.101. The first-order valence-corrected chi connectivity index (χ1v) is 8.44. The highest BCUT2D eigenvalue weighted by molar-refractivity contribution is 6.17. The van der Waals surface area contributed by atoms with Gasteiger partial charge in [0, 0.05) is 5.69 Å². The van der Waals surface area contributed by atoms with Crippen LogP contribution >= 0.6 is 0 Å². The lowest BCUT2D eigenvalue weighted by Gasteiger charge is -2.17. The van der Waals surface area contributed by atoms with Crippen molar-refractivity contribution in [3.8, 4) is 11.8 Å². The van der Waals surface area contributed by atoms with Crippen molar-refractivity contribution >= 4 is 23.2 Å². The van der Waals surface area contributed by atoms with E-state index in [1.807, 2.05) is 19.1 Å². The maximum atomic E-state index is 12.7. The molecule has 0 unspecified atom stereocenters. The summed E-state index contributed by atoms with van der Waals surface area (Å²) in [5.41, 5.74) is 0.557. The molecule has 0 spiro atoms. The summed E-state index contributed by atoms with van der Waals surface area (Å²) in [4.78, 5) is 25.3. The molecule has 0 heterocycles. The highest BCUT2D eigenvalue weighted by atomic mass is 16.5. The monoisotopic (exact) mass is 349 g/mol. The van der Waals surface area contributed by atoms with Crippen molar-refractivity contribution in [3.63, 3.8) is 0 Å². The van der Waals surface area contributed by atoms with E-state index in [1.165, 1.54) is 0 Å². The first kappa shape index (κ1) is 17.5. The van der Waals surface area contributed by atoms with Gasteiger partial charge in [-0.2, -0.15) is 5.26 Å². The van der Waals surface area contributed by atoms with Crippen LogP contribution in [0, 0.1) is 16.7 Å². The average Bonchev–Trinajstić information content (AvgIpc) is 3.46. The number of carbonyl (C=O) groups excluding carboxylic acids is 2. The Kier molecular flexibility index (Phi) is 4.90. The number of hydrogen-bond donors (Lipinski definition) is 2. The summed E-state index contributed by atoms with van der Waals surface area (Å²) >= 11 is 0. The molecular weight excluding hydrogens is 330 g/mol. The number of rotatable bonds is 6. The zero-order valence-electron chi connectivity index (χ0n) is 14.4. The Hall–Kier alpha value is -3.33. The van der Waals surface area contributed by atoms with E-state index in [2.05, 4.69) is 10.6 Å². The number of anilines is 2. The number of hydrogen-bond acceptors (Lipinski definition) is 4. The van der Waals surface area contributed by atoms with E-state index in [1.54, 1.807) is 42.5 Å². The fourth-order valence-electron chi connectivity index (χ4n) is 2.65. The van der Waals surface area contributed by atoms with Crippen molar-refractivity contribution in [1.82, 2.24) is 0 Å². The molecule has 0 aromatic heterocycles. The minimum atomic E-state index is -1.06. The summed E-state index contributed by atoms with van der Waals surface area (Å²) in [5, 5.41) is 14.4. The minimum Gasteiger partial charge on any atom is -0.492 e. The van der Waals surface area contributed by atoms with Crippen LogP contribution in [0.15, 0.2) is 48.5 Å².